The Morgan fingerprint density at radius 1 is 1.44 bits per heavy atom. The zero-order valence-corrected chi connectivity index (χ0v) is 9.98. The predicted molar refractivity (Wildman–Crippen MR) is 59.3 cm³/mol. The summed E-state index contributed by atoms with van der Waals surface area (Å²) in [7, 11) is 0. The van der Waals surface area contributed by atoms with Crippen LogP contribution < -0.4 is 5.32 Å². The largest absolute Gasteiger partial charge is 0.316 e. The fourth-order valence-corrected chi connectivity index (χ4v) is 1.03. The van der Waals surface area contributed by atoms with Gasteiger partial charge in [-0.05, 0) is 31.8 Å². The summed E-state index contributed by atoms with van der Waals surface area (Å²) >= 11 is 4.24. The normalized spacial score (nSPS) is 26.3. The van der Waals surface area contributed by atoms with Crippen LogP contribution >= 0.6 is 37.2 Å². The van der Waals surface area contributed by atoms with Crippen LogP contribution in [0.15, 0.2) is 0 Å². The summed E-state index contributed by atoms with van der Waals surface area (Å²) in [5.74, 6) is 0.925. The molecule has 1 atom stereocenters. The van der Waals surface area contributed by atoms with Crippen LogP contribution in [0.3, 0.4) is 0 Å². The number of piperidine rings is 1. The van der Waals surface area contributed by atoms with Crippen molar-refractivity contribution in [2.75, 3.05) is 13.1 Å². The molecule has 56 valence electrons. The van der Waals surface area contributed by atoms with Crippen LogP contribution in [0.5, 0.6) is 0 Å². The van der Waals surface area contributed by atoms with Crippen LogP contribution in [0.1, 0.15) is 19.8 Å². The SMILES string of the molecule is CC1CCCNC1.II. The van der Waals surface area contributed by atoms with Gasteiger partial charge in [-0.2, -0.15) is 0 Å². The topological polar surface area (TPSA) is 12.0 Å². The number of rotatable bonds is 0. The number of hydrogen-bond acceptors (Lipinski definition) is 1. The van der Waals surface area contributed by atoms with Gasteiger partial charge >= 0.3 is 0 Å². The molecule has 0 amide bonds. The molecule has 0 radical (unpaired) electrons. The lowest BCUT2D eigenvalue weighted by Gasteiger charge is -2.17. The molecule has 0 bridgehead atoms. The van der Waals surface area contributed by atoms with E-state index in [1.807, 2.05) is 0 Å². The molecule has 0 aromatic heterocycles. The van der Waals surface area contributed by atoms with Crippen LogP contribution in [0.4, 0.5) is 0 Å². The fourth-order valence-electron chi connectivity index (χ4n) is 1.03. The van der Waals surface area contributed by atoms with E-state index in [2.05, 4.69) is 49.5 Å². The van der Waals surface area contributed by atoms with E-state index in [1.165, 1.54) is 25.9 Å². The summed E-state index contributed by atoms with van der Waals surface area (Å²) in [5, 5.41) is 3.33. The van der Waals surface area contributed by atoms with Crippen molar-refractivity contribution < 1.29 is 0 Å². The molecule has 1 heterocycles. The first-order valence-corrected chi connectivity index (χ1v) is 9.53. The second kappa shape index (κ2) is 7.53. The maximum atomic E-state index is 3.33. The third-order valence-corrected chi connectivity index (χ3v) is 1.54. The molecule has 1 N–H and O–H groups in total. The summed E-state index contributed by atoms with van der Waals surface area (Å²) < 4.78 is 0. The second-order valence-corrected chi connectivity index (χ2v) is 2.45. The third kappa shape index (κ3) is 5.84. The highest BCUT2D eigenvalue weighted by Gasteiger charge is 2.04. The Morgan fingerprint density at radius 2 is 2.11 bits per heavy atom. The Balaban J connectivity index is 0.000000291. The van der Waals surface area contributed by atoms with Gasteiger partial charge in [0.25, 0.3) is 0 Å². The average molecular weight is 353 g/mol. The monoisotopic (exact) mass is 353 g/mol. The smallest absolute Gasteiger partial charge is 0 e. The van der Waals surface area contributed by atoms with Gasteiger partial charge in [-0.1, -0.05) is 6.92 Å². The van der Waals surface area contributed by atoms with E-state index < -0.39 is 0 Å². The van der Waals surface area contributed by atoms with E-state index in [4.69, 9.17) is 0 Å². The van der Waals surface area contributed by atoms with Crippen molar-refractivity contribution in [2.45, 2.75) is 19.8 Å². The van der Waals surface area contributed by atoms with Crippen LogP contribution in [-0.2, 0) is 0 Å². The molecular formula is C6H13I2N. The Kier molecular flexibility index (Phi) is 8.71. The van der Waals surface area contributed by atoms with Crippen molar-refractivity contribution in [3.05, 3.63) is 0 Å². The lowest BCUT2D eigenvalue weighted by molar-refractivity contribution is 0.405. The number of hydrogen-bond donors (Lipinski definition) is 1. The minimum atomic E-state index is 0.925. The molecule has 0 spiro atoms. The predicted octanol–water partition coefficient (Wildman–Crippen LogP) is 2.78. The molecule has 0 aliphatic carbocycles. The minimum absolute atomic E-state index is 0.925. The summed E-state index contributed by atoms with van der Waals surface area (Å²) in [4.78, 5) is 0. The van der Waals surface area contributed by atoms with Crippen LogP contribution in [-0.4, -0.2) is 13.1 Å². The van der Waals surface area contributed by atoms with Gasteiger partial charge in [0.15, 0.2) is 0 Å². The first-order valence-electron chi connectivity index (χ1n) is 3.24. The molecule has 0 aromatic carbocycles. The first-order chi connectivity index (χ1) is 4.39. The number of halogens is 2. The molecular weight excluding hydrogens is 340 g/mol. The maximum absolute atomic E-state index is 3.33. The van der Waals surface area contributed by atoms with E-state index in [9.17, 15) is 0 Å². The van der Waals surface area contributed by atoms with Gasteiger partial charge in [-0.15, -0.1) is 0 Å². The summed E-state index contributed by atoms with van der Waals surface area (Å²) in [6, 6.07) is 0. The van der Waals surface area contributed by atoms with Gasteiger partial charge < -0.3 is 5.32 Å². The van der Waals surface area contributed by atoms with Crippen LogP contribution in [0.2, 0.25) is 0 Å². The van der Waals surface area contributed by atoms with E-state index in [1.54, 1.807) is 0 Å². The zero-order chi connectivity index (χ0) is 7.11. The van der Waals surface area contributed by atoms with Crippen LogP contribution in [0, 0.1) is 5.92 Å². The molecule has 0 aromatic rings. The summed E-state index contributed by atoms with van der Waals surface area (Å²) in [6.07, 6.45) is 2.80. The van der Waals surface area contributed by atoms with Crippen molar-refractivity contribution in [1.82, 2.24) is 5.32 Å². The standard InChI is InChI=1S/C6H13N.I2/c1-6-3-2-4-7-5-6;1-2/h6-7H,2-5H2,1H3;. The van der Waals surface area contributed by atoms with Gasteiger partial charge in [0, 0.05) is 37.2 Å². The lowest BCUT2D eigenvalue weighted by atomic mass is 10.0. The molecule has 1 nitrogen and oxygen atoms in total. The molecule has 1 fully saturated rings. The highest BCUT2D eigenvalue weighted by atomic mass is 128. The van der Waals surface area contributed by atoms with Crippen LogP contribution in [0.25, 0.3) is 0 Å². The van der Waals surface area contributed by atoms with Gasteiger partial charge in [0.05, 0.1) is 0 Å². The average Bonchev–Trinajstić information content (AvgIpc) is 1.94. The zero-order valence-electron chi connectivity index (χ0n) is 5.66. The quantitative estimate of drug-likeness (QED) is 0.661. The Labute approximate surface area is 80.7 Å². The van der Waals surface area contributed by atoms with Crippen molar-refractivity contribution >= 4 is 37.2 Å². The molecule has 1 unspecified atom stereocenters. The summed E-state index contributed by atoms with van der Waals surface area (Å²) in [5.41, 5.74) is 0. The van der Waals surface area contributed by atoms with Gasteiger partial charge in [0.1, 0.15) is 0 Å². The Morgan fingerprint density at radius 3 is 2.33 bits per heavy atom. The van der Waals surface area contributed by atoms with E-state index in [0.29, 0.717) is 0 Å². The van der Waals surface area contributed by atoms with Gasteiger partial charge in [0.2, 0.25) is 0 Å². The molecule has 0 saturated carbocycles. The van der Waals surface area contributed by atoms with Crippen molar-refractivity contribution in [1.29, 1.82) is 0 Å². The van der Waals surface area contributed by atoms with Crippen molar-refractivity contribution in [2.24, 2.45) is 5.92 Å². The van der Waals surface area contributed by atoms with E-state index in [-0.39, 0.29) is 0 Å². The summed E-state index contributed by atoms with van der Waals surface area (Å²) in [6.45, 7) is 4.77. The van der Waals surface area contributed by atoms with Gasteiger partial charge in [-0.25, -0.2) is 0 Å². The molecule has 1 aliphatic rings. The molecule has 3 heteroatoms. The van der Waals surface area contributed by atoms with Crippen molar-refractivity contribution in [3.8, 4) is 0 Å². The molecule has 1 saturated heterocycles. The number of nitrogens with one attached hydrogen (secondary N) is 1. The van der Waals surface area contributed by atoms with Crippen molar-refractivity contribution in [3.63, 3.8) is 0 Å². The fraction of sp³-hybridized carbons (Fsp3) is 1.00. The molecule has 1 rings (SSSR count). The second-order valence-electron chi connectivity index (χ2n) is 2.45. The molecule has 1 aliphatic heterocycles. The Hall–Kier alpha value is 1.42. The van der Waals surface area contributed by atoms with Gasteiger partial charge in [-0.3, -0.25) is 0 Å². The first kappa shape index (κ1) is 10.4. The maximum Gasteiger partial charge on any atom is 0 e. The highest BCUT2D eigenvalue weighted by Crippen LogP contribution is 2.06. The molecule has 9 heavy (non-hydrogen) atoms. The lowest BCUT2D eigenvalue weighted by Crippen LogP contribution is -2.27. The third-order valence-electron chi connectivity index (χ3n) is 1.54. The highest BCUT2D eigenvalue weighted by molar-refractivity contribution is 15.0. The minimum Gasteiger partial charge on any atom is -0.316 e. The Bertz CT molecular complexity index is 53.0. The van der Waals surface area contributed by atoms with E-state index >= 15 is 0 Å². The van der Waals surface area contributed by atoms with E-state index in [0.717, 1.165) is 5.92 Å².